The minimum atomic E-state index is -0.194. The molecule has 3 aromatic heterocycles. The minimum Gasteiger partial charge on any atom is -1.00 e. The summed E-state index contributed by atoms with van der Waals surface area (Å²) in [4.78, 5) is 0. The summed E-state index contributed by atoms with van der Waals surface area (Å²) in [6.07, 6.45) is 10.9. The zero-order chi connectivity index (χ0) is 10.8. The smallest absolute Gasteiger partial charge is 1.00 e. The quantitative estimate of drug-likeness (QED) is 0.477. The van der Waals surface area contributed by atoms with E-state index in [-0.39, 0.29) is 59.9 Å². The van der Waals surface area contributed by atoms with Crippen molar-refractivity contribution in [1.82, 2.24) is 29.1 Å². The zero-order valence-corrected chi connectivity index (χ0v) is 12.6. The van der Waals surface area contributed by atoms with Crippen molar-refractivity contribution in [3.8, 4) is 0 Å². The number of hydrogen-bond donors (Lipinski definition) is 0. The maximum atomic E-state index is 4.22. The number of aromatic nitrogens is 6. The maximum absolute atomic E-state index is 4.22. The Balaban J connectivity index is 0.000000810. The molecule has 0 saturated carbocycles. The average molecular weight is 252 g/mol. The summed E-state index contributed by atoms with van der Waals surface area (Å²) in [5, 5.41) is 12.7. The molecular weight excluding hydrogens is 242 g/mol. The molecule has 0 atom stereocenters. The molecule has 3 heterocycles. The molecular formula is C9H10BKN6. The van der Waals surface area contributed by atoms with Gasteiger partial charge in [0.2, 0.25) is 0 Å². The first-order valence-corrected chi connectivity index (χ1v) is 4.92. The van der Waals surface area contributed by atoms with E-state index in [9.17, 15) is 0 Å². The van der Waals surface area contributed by atoms with E-state index in [0.717, 1.165) is 0 Å². The molecule has 0 saturated heterocycles. The van der Waals surface area contributed by atoms with Crippen molar-refractivity contribution in [2.24, 2.45) is 0 Å². The normalized spacial score (nSPS) is 9.88. The molecule has 80 valence electrons. The van der Waals surface area contributed by atoms with Gasteiger partial charge in [-0.25, -0.2) is 0 Å². The van der Waals surface area contributed by atoms with Crippen LogP contribution in [0.4, 0.5) is 0 Å². The van der Waals surface area contributed by atoms with E-state index in [2.05, 4.69) is 15.3 Å². The van der Waals surface area contributed by atoms with Crippen LogP contribution in [0.1, 0.15) is 1.43 Å². The van der Waals surface area contributed by atoms with Gasteiger partial charge in [0.1, 0.15) is 0 Å². The van der Waals surface area contributed by atoms with Gasteiger partial charge in [-0.15, -0.1) is 0 Å². The Morgan fingerprint density at radius 3 is 1.29 bits per heavy atom. The van der Waals surface area contributed by atoms with E-state index < -0.39 is 0 Å². The van der Waals surface area contributed by atoms with E-state index in [0.29, 0.717) is 0 Å². The monoisotopic (exact) mass is 252 g/mol. The molecule has 0 amide bonds. The van der Waals surface area contributed by atoms with Crippen molar-refractivity contribution in [3.05, 3.63) is 55.4 Å². The predicted molar refractivity (Wildman–Crippen MR) is 59.7 cm³/mol. The molecule has 3 rings (SSSR count). The van der Waals surface area contributed by atoms with Gasteiger partial charge < -0.3 is 1.43 Å². The minimum absolute atomic E-state index is 0. The molecule has 3 aromatic rings. The standard InChI is InChI=1S/C9H9BN6.K.H/c1-4-11-14(7-1)10(15-8-2-5-12-15)16-9-3-6-13-16;;/h1-9H;;/q;+1;-1. The molecule has 0 aliphatic carbocycles. The van der Waals surface area contributed by atoms with Crippen LogP contribution in [0.3, 0.4) is 0 Å². The fourth-order valence-corrected chi connectivity index (χ4v) is 1.62. The van der Waals surface area contributed by atoms with Crippen molar-refractivity contribution in [3.63, 3.8) is 0 Å². The van der Waals surface area contributed by atoms with Gasteiger partial charge in [-0.1, -0.05) is 0 Å². The van der Waals surface area contributed by atoms with Gasteiger partial charge in [-0.3, -0.25) is 13.8 Å². The summed E-state index contributed by atoms with van der Waals surface area (Å²) in [6.45, 7) is 0. The van der Waals surface area contributed by atoms with Crippen LogP contribution in [0.2, 0.25) is 0 Å². The molecule has 0 N–H and O–H groups in total. The second-order valence-corrected chi connectivity index (χ2v) is 3.30. The molecule has 0 bridgehead atoms. The fourth-order valence-electron chi connectivity index (χ4n) is 1.62. The Bertz CT molecular complexity index is 456. The van der Waals surface area contributed by atoms with Crippen LogP contribution < -0.4 is 51.4 Å². The van der Waals surface area contributed by atoms with Crippen molar-refractivity contribution in [2.75, 3.05) is 0 Å². The summed E-state index contributed by atoms with van der Waals surface area (Å²) < 4.78 is 5.38. The Hall–Kier alpha value is -0.669. The Labute approximate surface area is 143 Å². The van der Waals surface area contributed by atoms with Crippen LogP contribution in [0.15, 0.2) is 55.4 Å². The van der Waals surface area contributed by atoms with Gasteiger partial charge in [0.15, 0.2) is 0 Å². The second kappa shape index (κ2) is 5.78. The number of rotatable bonds is 3. The topological polar surface area (TPSA) is 53.5 Å². The van der Waals surface area contributed by atoms with Gasteiger partial charge in [0, 0.05) is 37.2 Å². The molecule has 0 aromatic carbocycles. The van der Waals surface area contributed by atoms with Crippen molar-refractivity contribution < 1.29 is 52.8 Å². The zero-order valence-electron chi connectivity index (χ0n) is 10.5. The first-order chi connectivity index (χ1) is 7.95. The van der Waals surface area contributed by atoms with E-state index in [1.54, 1.807) is 32.4 Å². The van der Waals surface area contributed by atoms with Crippen LogP contribution in [-0.2, 0) is 0 Å². The van der Waals surface area contributed by atoms with Crippen molar-refractivity contribution >= 4 is 7.12 Å². The first kappa shape index (κ1) is 12.8. The molecule has 8 heteroatoms. The van der Waals surface area contributed by atoms with E-state index in [1.165, 1.54) is 0 Å². The van der Waals surface area contributed by atoms with Crippen LogP contribution >= 0.6 is 0 Å². The van der Waals surface area contributed by atoms with Crippen molar-refractivity contribution in [2.45, 2.75) is 0 Å². The molecule has 0 fully saturated rings. The summed E-state index contributed by atoms with van der Waals surface area (Å²) in [5.74, 6) is 0. The molecule has 6 nitrogen and oxygen atoms in total. The molecule has 0 unspecified atom stereocenters. The predicted octanol–water partition coefficient (Wildman–Crippen LogP) is -2.68. The summed E-state index contributed by atoms with van der Waals surface area (Å²) in [6, 6.07) is 5.62. The molecule has 0 radical (unpaired) electrons. The van der Waals surface area contributed by atoms with Crippen LogP contribution in [0.25, 0.3) is 0 Å². The second-order valence-electron chi connectivity index (χ2n) is 3.30. The molecule has 17 heavy (non-hydrogen) atoms. The number of nitrogens with zero attached hydrogens (tertiary/aromatic N) is 6. The first-order valence-electron chi connectivity index (χ1n) is 4.92. The summed E-state index contributed by atoms with van der Waals surface area (Å²) >= 11 is 0. The van der Waals surface area contributed by atoms with E-state index in [1.807, 2.05) is 36.8 Å². The van der Waals surface area contributed by atoms with Crippen LogP contribution in [0, 0.1) is 0 Å². The van der Waals surface area contributed by atoms with E-state index >= 15 is 0 Å². The van der Waals surface area contributed by atoms with Crippen molar-refractivity contribution in [1.29, 1.82) is 0 Å². The SMILES string of the molecule is [H-].[K+].c1cnn(B(n2cccn2)n2cccn2)c1. The van der Waals surface area contributed by atoms with Crippen LogP contribution in [-0.4, -0.2) is 36.2 Å². The summed E-state index contributed by atoms with van der Waals surface area (Å²) in [7, 11) is -0.194. The van der Waals surface area contributed by atoms with E-state index in [4.69, 9.17) is 0 Å². The molecule has 0 spiro atoms. The van der Waals surface area contributed by atoms with Gasteiger partial charge >= 0.3 is 58.5 Å². The fraction of sp³-hybridized carbons (Fsp3) is 0. The maximum Gasteiger partial charge on any atom is 1.00 e. The molecule has 0 aliphatic heterocycles. The molecule has 0 aliphatic rings. The average Bonchev–Trinajstić information content (AvgIpc) is 3.02. The third kappa shape index (κ3) is 2.61. The van der Waals surface area contributed by atoms with Gasteiger partial charge in [0.25, 0.3) is 0 Å². The Morgan fingerprint density at radius 1 is 0.706 bits per heavy atom. The van der Waals surface area contributed by atoms with Crippen LogP contribution in [0.5, 0.6) is 0 Å². The third-order valence-electron chi connectivity index (χ3n) is 2.28. The van der Waals surface area contributed by atoms with Gasteiger partial charge in [-0.05, 0) is 18.2 Å². The Kier molecular flexibility index (Phi) is 4.35. The van der Waals surface area contributed by atoms with Gasteiger partial charge in [0.05, 0.1) is 0 Å². The summed E-state index contributed by atoms with van der Waals surface area (Å²) in [5.41, 5.74) is 0. The van der Waals surface area contributed by atoms with Gasteiger partial charge in [-0.2, -0.15) is 15.3 Å². The number of hydrogen-bond acceptors (Lipinski definition) is 3. The third-order valence-corrected chi connectivity index (χ3v) is 2.28. The largest absolute Gasteiger partial charge is 1.00 e. The Morgan fingerprint density at radius 2 is 1.06 bits per heavy atom.